The van der Waals surface area contributed by atoms with Gasteiger partial charge in [0.1, 0.15) is 16.4 Å². The van der Waals surface area contributed by atoms with Crippen LogP contribution in [0.25, 0.3) is 47.4 Å². The average Bonchev–Trinajstić information content (AvgIpc) is 4.07. The Morgan fingerprint density at radius 2 is 1.25 bits per heavy atom. The Labute approximate surface area is 320 Å². The fraction of sp³-hybridized carbons (Fsp3) is 0.100. The summed E-state index contributed by atoms with van der Waals surface area (Å²) in [4.78, 5) is 14.4. The van der Waals surface area contributed by atoms with Gasteiger partial charge in [-0.3, -0.25) is 30.5 Å². The van der Waals surface area contributed by atoms with E-state index in [-0.39, 0.29) is 5.88 Å². The third-order valence-electron chi connectivity index (χ3n) is 7.62. The molecule has 5 N–H and O–H groups in total. The molecule has 2 aliphatic heterocycles. The van der Waals surface area contributed by atoms with Gasteiger partial charge in [0.15, 0.2) is 0 Å². The first kappa shape index (κ1) is 37.6. The van der Waals surface area contributed by atoms with E-state index in [9.17, 15) is 10.1 Å². The molecule has 15 heteroatoms. The molecule has 0 atom stereocenters. The number of para-hydroxylation sites is 1. The molecule has 55 heavy (non-hydrogen) atoms. The minimum Gasteiger partial charge on any atom is -0.494 e. The van der Waals surface area contributed by atoms with Crippen LogP contribution in [0.3, 0.4) is 0 Å². The van der Waals surface area contributed by atoms with E-state index >= 15 is 0 Å². The fourth-order valence-corrected chi connectivity index (χ4v) is 5.83. The van der Waals surface area contributed by atoms with Crippen molar-refractivity contribution in [3.63, 3.8) is 0 Å². The van der Waals surface area contributed by atoms with E-state index in [4.69, 9.17) is 9.15 Å². The van der Waals surface area contributed by atoms with E-state index in [1.54, 1.807) is 43.0 Å². The van der Waals surface area contributed by atoms with Gasteiger partial charge in [0.25, 0.3) is 0 Å². The van der Waals surface area contributed by atoms with Gasteiger partial charge in [0.05, 0.1) is 35.4 Å². The zero-order valence-corrected chi connectivity index (χ0v) is 30.4. The number of hydrogen-bond donors (Lipinski definition) is 5. The van der Waals surface area contributed by atoms with E-state index < -0.39 is 4.92 Å². The summed E-state index contributed by atoms with van der Waals surface area (Å²) in [5, 5.41) is 38.2. The Morgan fingerprint density at radius 3 is 1.78 bits per heavy atom. The summed E-state index contributed by atoms with van der Waals surface area (Å²) in [6, 6.07) is 20.8. The normalized spacial score (nSPS) is 13.7. The Balaban J connectivity index is 0.000000126. The minimum absolute atomic E-state index is 0.265. The number of H-pyrrole nitrogens is 5. The number of nitro groups is 1. The minimum atomic E-state index is -0.576. The first-order valence-corrected chi connectivity index (χ1v) is 18.2. The fourth-order valence-electron chi connectivity index (χ4n) is 4.95. The van der Waals surface area contributed by atoms with Gasteiger partial charge >= 0.3 is 5.88 Å². The quantitative estimate of drug-likeness (QED) is 0.0704. The van der Waals surface area contributed by atoms with Crippen molar-refractivity contribution in [2.45, 2.75) is 12.8 Å². The van der Waals surface area contributed by atoms with Gasteiger partial charge in [-0.2, -0.15) is 20.4 Å². The second-order valence-corrected chi connectivity index (χ2v) is 12.8. The number of rotatable bonds is 9. The number of thioether (sulfide) groups is 1. The molecule has 7 aromatic rings. The average molecular weight is 755 g/mol. The van der Waals surface area contributed by atoms with Gasteiger partial charge in [-0.05, 0) is 109 Å². The second kappa shape index (κ2) is 20.2. The highest BCUT2D eigenvalue weighted by molar-refractivity contribution is 8.03. The maximum atomic E-state index is 10.3. The van der Waals surface area contributed by atoms with Crippen molar-refractivity contribution < 1.29 is 14.1 Å². The van der Waals surface area contributed by atoms with E-state index in [2.05, 4.69) is 88.3 Å². The van der Waals surface area contributed by atoms with Crippen LogP contribution >= 0.6 is 11.8 Å². The standard InChI is InChI=1S/C13H11N3.C9H7N3O3.C9H10N2O.C9H10N2S/c1-2-4-13-10(3-1)9-12(15-13)6-5-11-7-8-14-16-11;13-12(14)9-4-3-8(15-9)2-1-7-5-6-10-11-7;2*1-2-9(12-7-1)4-3-8-5-6-10-11-8/h1-9,15H,(H,14,16);1-6H,(H,10,11);2*2-6H,1,7H2,(H,10,11)/b6-5+;2-1+;2*4-3+. The molecule has 8 heterocycles. The summed E-state index contributed by atoms with van der Waals surface area (Å²) in [5.41, 5.74) is 6.10. The Hall–Kier alpha value is -7.13. The number of aromatic amines is 5. The largest absolute Gasteiger partial charge is 0.494 e. The highest BCUT2D eigenvalue weighted by atomic mass is 32.2. The van der Waals surface area contributed by atoms with Gasteiger partial charge in [-0.25, -0.2) is 0 Å². The van der Waals surface area contributed by atoms with Crippen LogP contribution in [-0.4, -0.2) is 63.1 Å². The molecule has 6 aromatic heterocycles. The molecule has 2 aliphatic rings. The smallest absolute Gasteiger partial charge is 0.433 e. The van der Waals surface area contributed by atoms with Crippen LogP contribution < -0.4 is 0 Å². The molecular formula is C40H38N10O4S. The zero-order chi connectivity index (χ0) is 37.9. The molecule has 0 amide bonds. The molecule has 0 saturated carbocycles. The lowest BCUT2D eigenvalue weighted by Crippen LogP contribution is -1.82. The summed E-state index contributed by atoms with van der Waals surface area (Å²) < 4.78 is 10.2. The number of nitrogens with one attached hydrogen (secondary N) is 5. The van der Waals surface area contributed by atoms with Gasteiger partial charge < -0.3 is 14.1 Å². The Bertz CT molecular complexity index is 2260. The van der Waals surface area contributed by atoms with Gasteiger partial charge in [0.2, 0.25) is 0 Å². The molecule has 0 radical (unpaired) electrons. The summed E-state index contributed by atoms with van der Waals surface area (Å²) >= 11 is 1.90. The number of benzene rings is 1. The molecule has 0 aliphatic carbocycles. The highest BCUT2D eigenvalue weighted by Gasteiger charge is 2.09. The van der Waals surface area contributed by atoms with Crippen molar-refractivity contribution in [3.05, 3.63) is 171 Å². The van der Waals surface area contributed by atoms with Crippen LogP contribution in [0.1, 0.15) is 47.1 Å². The maximum absolute atomic E-state index is 10.3. The third-order valence-corrected chi connectivity index (χ3v) is 8.70. The van der Waals surface area contributed by atoms with Gasteiger partial charge in [0, 0.05) is 53.1 Å². The lowest BCUT2D eigenvalue weighted by atomic mass is 10.2. The van der Waals surface area contributed by atoms with Crippen LogP contribution in [0.2, 0.25) is 0 Å². The number of allylic oxidation sites excluding steroid dienone is 3. The van der Waals surface area contributed by atoms with Crippen molar-refractivity contribution in [2.24, 2.45) is 0 Å². The molecule has 0 bridgehead atoms. The summed E-state index contributed by atoms with van der Waals surface area (Å²) in [5.74, 6) is 2.34. The molecule has 1 aromatic carbocycles. The number of aromatic nitrogens is 9. The van der Waals surface area contributed by atoms with Crippen molar-refractivity contribution in [1.82, 2.24) is 45.8 Å². The van der Waals surface area contributed by atoms with Crippen molar-refractivity contribution in [3.8, 4) is 0 Å². The topological polar surface area (TPSA) is 196 Å². The molecule has 0 unspecified atom stereocenters. The van der Waals surface area contributed by atoms with E-state index in [0.29, 0.717) is 5.76 Å². The number of ether oxygens (including phenoxy) is 1. The zero-order valence-electron chi connectivity index (χ0n) is 29.5. The first-order valence-electron chi connectivity index (χ1n) is 17.2. The third kappa shape index (κ3) is 12.5. The van der Waals surface area contributed by atoms with E-state index in [1.807, 2.05) is 66.4 Å². The number of hydrogen-bond acceptors (Lipinski definition) is 9. The monoisotopic (exact) mass is 754 g/mol. The number of fused-ring (bicyclic) bond motifs is 1. The molecule has 0 spiro atoms. The second-order valence-electron chi connectivity index (χ2n) is 11.6. The molecule has 0 fully saturated rings. The SMILES string of the molecule is C(=C\c1cc2ccccc2[nH]1)/c1ccn[nH]1.C1=C(/C=C/c2ccn[nH]2)OCC1.C1=C(/C=C/c2ccn[nH]2)SCC1.O=[N+]([O-])c1ccc(/C=C/c2ccn[nH]2)o1. The first-order chi connectivity index (χ1) is 27.1. The van der Waals surface area contributed by atoms with Crippen molar-refractivity contribution in [1.29, 1.82) is 0 Å². The van der Waals surface area contributed by atoms with Crippen LogP contribution in [0.4, 0.5) is 5.88 Å². The van der Waals surface area contributed by atoms with Crippen LogP contribution in [0.5, 0.6) is 0 Å². The summed E-state index contributed by atoms with van der Waals surface area (Å²) in [6.07, 6.45) is 28.9. The molecule has 278 valence electrons. The van der Waals surface area contributed by atoms with Gasteiger partial charge in [-0.1, -0.05) is 24.3 Å². The summed E-state index contributed by atoms with van der Waals surface area (Å²) in [7, 11) is 0. The molecule has 0 saturated heterocycles. The van der Waals surface area contributed by atoms with Crippen LogP contribution in [-0.2, 0) is 4.74 Å². The Kier molecular flexibility index (Phi) is 13.8. The van der Waals surface area contributed by atoms with E-state index in [0.717, 1.165) is 52.8 Å². The van der Waals surface area contributed by atoms with Gasteiger partial charge in [-0.15, -0.1) is 11.8 Å². The Morgan fingerprint density at radius 1 is 0.655 bits per heavy atom. The molecular weight excluding hydrogens is 717 g/mol. The van der Waals surface area contributed by atoms with E-state index in [1.165, 1.54) is 34.6 Å². The van der Waals surface area contributed by atoms with Crippen LogP contribution in [0.15, 0.2) is 131 Å². The predicted octanol–water partition coefficient (Wildman–Crippen LogP) is 9.31. The van der Waals surface area contributed by atoms with Crippen molar-refractivity contribution >= 4 is 65.0 Å². The summed E-state index contributed by atoms with van der Waals surface area (Å²) in [6.45, 7) is 0.808. The lowest BCUT2D eigenvalue weighted by Gasteiger charge is -1.94. The molecule has 14 nitrogen and oxygen atoms in total. The highest BCUT2D eigenvalue weighted by Crippen LogP contribution is 2.26. The van der Waals surface area contributed by atoms with Crippen LogP contribution in [0, 0.1) is 10.1 Å². The maximum Gasteiger partial charge on any atom is 0.433 e. The molecule has 9 rings (SSSR count). The van der Waals surface area contributed by atoms with Crippen molar-refractivity contribution in [2.75, 3.05) is 12.4 Å². The number of furan rings is 1. The lowest BCUT2D eigenvalue weighted by molar-refractivity contribution is -0.402. The predicted molar refractivity (Wildman–Crippen MR) is 218 cm³/mol. The number of nitrogens with zero attached hydrogens (tertiary/aromatic N) is 5.